The number of rotatable bonds is 3. The van der Waals surface area contributed by atoms with Crippen molar-refractivity contribution in [2.24, 2.45) is 0 Å². The van der Waals surface area contributed by atoms with E-state index in [1.54, 1.807) is 31.5 Å². The van der Waals surface area contributed by atoms with E-state index in [1.807, 2.05) is 31.2 Å². The number of hydrogen-bond donors (Lipinski definition) is 1. The minimum Gasteiger partial charge on any atom is -0.360 e. The van der Waals surface area contributed by atoms with Gasteiger partial charge >= 0.3 is 0 Å². The van der Waals surface area contributed by atoms with Gasteiger partial charge in [0.1, 0.15) is 17.0 Å². The first-order valence-electron chi connectivity index (χ1n) is 6.90. The highest BCUT2D eigenvalue weighted by molar-refractivity contribution is 6.08. The lowest BCUT2D eigenvalue weighted by molar-refractivity contribution is 0.102. The van der Waals surface area contributed by atoms with Crippen LogP contribution in [0.2, 0.25) is 0 Å². The minimum atomic E-state index is -0.247. The number of carbonyl (C=O) groups excluding carboxylic acids is 1. The normalized spacial score (nSPS) is 10.5. The van der Waals surface area contributed by atoms with Crippen molar-refractivity contribution in [2.75, 3.05) is 5.32 Å². The molecule has 1 amide bonds. The fourth-order valence-electron chi connectivity index (χ4n) is 2.29. The molecule has 0 saturated carbocycles. The number of pyridine rings is 1. The molecule has 0 unspecified atom stereocenters. The Labute approximate surface area is 128 Å². The maximum atomic E-state index is 12.6. The number of hydrogen-bond acceptors (Lipinski definition) is 4. The van der Waals surface area contributed by atoms with Crippen molar-refractivity contribution in [3.63, 3.8) is 0 Å². The molecule has 2 aromatic heterocycles. The third-order valence-electron chi connectivity index (χ3n) is 3.43. The maximum Gasteiger partial charge on any atom is 0.261 e. The van der Waals surface area contributed by atoms with E-state index >= 15 is 0 Å². The third kappa shape index (κ3) is 2.61. The molecule has 110 valence electrons. The molecule has 1 aromatic carbocycles. The Morgan fingerprint density at radius 1 is 1.09 bits per heavy atom. The number of nitrogens with one attached hydrogen (secondary N) is 1. The largest absolute Gasteiger partial charge is 0.360 e. The van der Waals surface area contributed by atoms with Gasteiger partial charge in [0.05, 0.1) is 0 Å². The maximum absolute atomic E-state index is 12.6. The number of aromatic nitrogens is 2. The Balaban J connectivity index is 1.99. The quantitative estimate of drug-likeness (QED) is 0.801. The Kier molecular flexibility index (Phi) is 3.70. The third-order valence-corrected chi connectivity index (χ3v) is 3.43. The van der Waals surface area contributed by atoms with Crippen LogP contribution >= 0.6 is 0 Å². The number of benzene rings is 1. The van der Waals surface area contributed by atoms with Crippen LogP contribution in [0.15, 0.2) is 53.3 Å². The summed E-state index contributed by atoms with van der Waals surface area (Å²) in [5, 5.41) is 6.90. The topological polar surface area (TPSA) is 68.0 Å². The van der Waals surface area contributed by atoms with Gasteiger partial charge in [-0.3, -0.25) is 9.78 Å². The van der Waals surface area contributed by atoms with Gasteiger partial charge in [0.2, 0.25) is 0 Å². The summed E-state index contributed by atoms with van der Waals surface area (Å²) < 4.78 is 5.24. The number of carbonyl (C=O) groups is 1. The standard InChI is InChI=1S/C17H15N3O2/c1-11-5-3-4-6-14(11)16-15(12(2)22-20-16)17(21)19-13-7-9-18-10-8-13/h3-10H,1-2H3,(H,18,19,21). The molecule has 1 N–H and O–H groups in total. The smallest absolute Gasteiger partial charge is 0.261 e. The van der Waals surface area contributed by atoms with E-state index in [0.29, 0.717) is 22.7 Å². The van der Waals surface area contributed by atoms with Crippen molar-refractivity contribution in [1.82, 2.24) is 10.1 Å². The van der Waals surface area contributed by atoms with Crippen molar-refractivity contribution in [1.29, 1.82) is 0 Å². The fourth-order valence-corrected chi connectivity index (χ4v) is 2.29. The van der Waals surface area contributed by atoms with Crippen LogP contribution in [-0.4, -0.2) is 16.0 Å². The second-order valence-electron chi connectivity index (χ2n) is 4.97. The predicted octanol–water partition coefficient (Wildman–Crippen LogP) is 3.61. The molecule has 0 aliphatic heterocycles. The van der Waals surface area contributed by atoms with E-state index in [4.69, 9.17) is 4.52 Å². The van der Waals surface area contributed by atoms with Gasteiger partial charge in [0.25, 0.3) is 5.91 Å². The van der Waals surface area contributed by atoms with E-state index in [-0.39, 0.29) is 5.91 Å². The predicted molar refractivity (Wildman–Crippen MR) is 83.6 cm³/mol. The fraction of sp³-hybridized carbons (Fsp3) is 0.118. The highest BCUT2D eigenvalue weighted by atomic mass is 16.5. The van der Waals surface area contributed by atoms with Gasteiger partial charge < -0.3 is 9.84 Å². The number of nitrogens with zero attached hydrogens (tertiary/aromatic N) is 2. The average Bonchev–Trinajstić information content (AvgIpc) is 2.90. The average molecular weight is 293 g/mol. The molecule has 2 heterocycles. The van der Waals surface area contributed by atoms with Crippen molar-refractivity contribution < 1.29 is 9.32 Å². The van der Waals surface area contributed by atoms with E-state index in [0.717, 1.165) is 11.1 Å². The van der Waals surface area contributed by atoms with Crippen molar-refractivity contribution in [2.45, 2.75) is 13.8 Å². The summed E-state index contributed by atoms with van der Waals surface area (Å²) in [6.07, 6.45) is 3.25. The van der Waals surface area contributed by atoms with E-state index in [1.165, 1.54) is 0 Å². The zero-order valence-electron chi connectivity index (χ0n) is 12.3. The van der Waals surface area contributed by atoms with Crippen molar-refractivity contribution in [3.05, 3.63) is 65.7 Å². The van der Waals surface area contributed by atoms with Crippen LogP contribution in [0, 0.1) is 13.8 Å². The molecule has 0 radical (unpaired) electrons. The Morgan fingerprint density at radius 2 is 1.82 bits per heavy atom. The summed E-state index contributed by atoms with van der Waals surface area (Å²) in [7, 11) is 0. The highest BCUT2D eigenvalue weighted by Crippen LogP contribution is 2.28. The van der Waals surface area contributed by atoms with Crippen LogP contribution in [0.4, 0.5) is 5.69 Å². The SMILES string of the molecule is Cc1ccccc1-c1noc(C)c1C(=O)Nc1ccncc1. The minimum absolute atomic E-state index is 0.247. The van der Waals surface area contributed by atoms with Crippen LogP contribution < -0.4 is 5.32 Å². The lowest BCUT2D eigenvalue weighted by atomic mass is 10.0. The second-order valence-corrected chi connectivity index (χ2v) is 4.97. The molecule has 5 heteroatoms. The zero-order valence-corrected chi connectivity index (χ0v) is 12.3. The van der Waals surface area contributed by atoms with Crippen molar-refractivity contribution in [3.8, 4) is 11.3 Å². The summed E-state index contributed by atoms with van der Waals surface area (Å²) in [4.78, 5) is 16.5. The van der Waals surface area contributed by atoms with Gasteiger partial charge in [0, 0.05) is 23.6 Å². The van der Waals surface area contributed by atoms with E-state index < -0.39 is 0 Å². The van der Waals surface area contributed by atoms with Gasteiger partial charge in [-0.15, -0.1) is 0 Å². The highest BCUT2D eigenvalue weighted by Gasteiger charge is 2.22. The Bertz CT molecular complexity index is 810. The first-order chi connectivity index (χ1) is 10.7. The lowest BCUT2D eigenvalue weighted by Gasteiger charge is -2.07. The Hall–Kier alpha value is -2.95. The summed E-state index contributed by atoms with van der Waals surface area (Å²) in [6.45, 7) is 3.71. The van der Waals surface area contributed by atoms with Gasteiger partial charge in [-0.05, 0) is 31.5 Å². The van der Waals surface area contributed by atoms with E-state index in [2.05, 4.69) is 15.5 Å². The van der Waals surface area contributed by atoms with Crippen LogP contribution in [-0.2, 0) is 0 Å². The molecular formula is C17H15N3O2. The first kappa shape index (κ1) is 14.0. The van der Waals surface area contributed by atoms with Gasteiger partial charge in [0.15, 0.2) is 0 Å². The molecule has 22 heavy (non-hydrogen) atoms. The van der Waals surface area contributed by atoms with Crippen LogP contribution in [0.25, 0.3) is 11.3 Å². The van der Waals surface area contributed by atoms with E-state index in [9.17, 15) is 4.79 Å². The summed E-state index contributed by atoms with van der Waals surface area (Å²) in [6, 6.07) is 11.2. The van der Waals surface area contributed by atoms with Crippen LogP contribution in [0.3, 0.4) is 0 Å². The second kappa shape index (κ2) is 5.81. The van der Waals surface area contributed by atoms with Crippen molar-refractivity contribution >= 4 is 11.6 Å². The molecular weight excluding hydrogens is 278 g/mol. The molecule has 0 spiro atoms. The number of aryl methyl sites for hydroxylation is 2. The van der Waals surface area contributed by atoms with Gasteiger partial charge in [-0.25, -0.2) is 0 Å². The Morgan fingerprint density at radius 3 is 2.55 bits per heavy atom. The van der Waals surface area contributed by atoms with Crippen LogP contribution in [0.1, 0.15) is 21.7 Å². The molecule has 0 saturated heterocycles. The lowest BCUT2D eigenvalue weighted by Crippen LogP contribution is -2.13. The molecule has 0 fully saturated rings. The molecule has 0 aliphatic rings. The first-order valence-corrected chi connectivity index (χ1v) is 6.90. The number of anilines is 1. The molecule has 0 aliphatic carbocycles. The zero-order chi connectivity index (χ0) is 15.5. The molecule has 5 nitrogen and oxygen atoms in total. The summed E-state index contributed by atoms with van der Waals surface area (Å²) >= 11 is 0. The molecule has 0 atom stereocenters. The molecule has 3 aromatic rings. The monoisotopic (exact) mass is 293 g/mol. The summed E-state index contributed by atoms with van der Waals surface area (Å²) in [5.74, 6) is 0.244. The summed E-state index contributed by atoms with van der Waals surface area (Å²) in [5.41, 5.74) is 3.61. The van der Waals surface area contributed by atoms with Gasteiger partial charge in [-0.1, -0.05) is 29.4 Å². The molecule has 3 rings (SSSR count). The number of amides is 1. The van der Waals surface area contributed by atoms with Crippen LogP contribution in [0.5, 0.6) is 0 Å². The molecule has 0 bridgehead atoms. The van der Waals surface area contributed by atoms with Gasteiger partial charge in [-0.2, -0.15) is 0 Å².